The molecule has 0 aromatic carbocycles. The van der Waals surface area contributed by atoms with Gasteiger partial charge in [-0.3, -0.25) is 0 Å². The van der Waals surface area contributed by atoms with Gasteiger partial charge < -0.3 is 10.3 Å². The topological polar surface area (TPSA) is 43.8 Å². The molecule has 0 aliphatic heterocycles. The van der Waals surface area contributed by atoms with Crippen molar-refractivity contribution in [3.8, 4) is 0 Å². The summed E-state index contributed by atoms with van der Waals surface area (Å²) in [6, 6.07) is 0. The van der Waals surface area contributed by atoms with Gasteiger partial charge in [-0.25, -0.2) is 4.98 Å². The average molecular weight is 165 g/mol. The molecule has 0 spiro atoms. The highest BCUT2D eigenvalue weighted by atomic mass is 15.1. The highest BCUT2D eigenvalue weighted by molar-refractivity contribution is 5.16. The van der Waals surface area contributed by atoms with E-state index in [4.69, 9.17) is 5.73 Å². The molecule has 0 radical (unpaired) electrons. The summed E-state index contributed by atoms with van der Waals surface area (Å²) in [6.45, 7) is 3.08. The summed E-state index contributed by atoms with van der Waals surface area (Å²) in [4.78, 5) is 4.12. The number of nitrogens with two attached hydrogens (primary N) is 1. The van der Waals surface area contributed by atoms with E-state index >= 15 is 0 Å². The Hall–Kier alpha value is -0.830. The Labute approximate surface area is 72.6 Å². The van der Waals surface area contributed by atoms with Crippen LogP contribution in [0.5, 0.6) is 0 Å². The molecule has 1 aliphatic rings. The Kier molecular flexibility index (Phi) is 1.68. The summed E-state index contributed by atoms with van der Waals surface area (Å²) >= 11 is 0. The molecule has 12 heavy (non-hydrogen) atoms. The zero-order chi connectivity index (χ0) is 8.60. The van der Waals surface area contributed by atoms with E-state index in [1.807, 2.05) is 12.5 Å². The van der Waals surface area contributed by atoms with E-state index in [1.165, 1.54) is 12.1 Å². The van der Waals surface area contributed by atoms with Gasteiger partial charge in [-0.05, 0) is 26.2 Å². The molecule has 0 atom stereocenters. The predicted octanol–water partition coefficient (Wildman–Crippen LogP) is 1.24. The minimum Gasteiger partial charge on any atom is -0.333 e. The van der Waals surface area contributed by atoms with Gasteiger partial charge >= 0.3 is 0 Å². The minimum atomic E-state index is -0.0630. The maximum atomic E-state index is 6.18. The van der Waals surface area contributed by atoms with Crippen molar-refractivity contribution in [2.24, 2.45) is 5.73 Å². The van der Waals surface area contributed by atoms with Crippen LogP contribution in [0.15, 0.2) is 12.5 Å². The molecule has 1 fully saturated rings. The quantitative estimate of drug-likeness (QED) is 0.716. The summed E-state index contributed by atoms with van der Waals surface area (Å²) in [6.07, 6.45) is 7.24. The lowest BCUT2D eigenvalue weighted by Crippen LogP contribution is -2.44. The fourth-order valence-electron chi connectivity index (χ4n) is 1.80. The predicted molar refractivity (Wildman–Crippen MR) is 47.6 cm³/mol. The smallest absolute Gasteiger partial charge is 0.0948 e. The van der Waals surface area contributed by atoms with Crippen molar-refractivity contribution in [1.29, 1.82) is 0 Å². The monoisotopic (exact) mass is 165 g/mol. The van der Waals surface area contributed by atoms with Crippen LogP contribution in [0.25, 0.3) is 0 Å². The summed E-state index contributed by atoms with van der Waals surface area (Å²) in [5.41, 5.74) is 7.33. The molecule has 0 unspecified atom stereocenters. The Balaban J connectivity index is 2.31. The van der Waals surface area contributed by atoms with Crippen LogP contribution in [0, 0.1) is 0 Å². The Morgan fingerprint density at radius 1 is 1.67 bits per heavy atom. The third-order valence-electron chi connectivity index (χ3n) is 2.81. The number of hydrogen-bond acceptors (Lipinski definition) is 2. The van der Waals surface area contributed by atoms with Gasteiger partial charge in [-0.1, -0.05) is 0 Å². The van der Waals surface area contributed by atoms with E-state index in [0.29, 0.717) is 0 Å². The number of rotatable bonds is 2. The molecule has 0 bridgehead atoms. The van der Waals surface area contributed by atoms with Crippen molar-refractivity contribution in [2.75, 3.05) is 0 Å². The summed E-state index contributed by atoms with van der Waals surface area (Å²) in [7, 11) is 0. The third kappa shape index (κ3) is 0.966. The molecule has 1 heterocycles. The Morgan fingerprint density at radius 2 is 2.42 bits per heavy atom. The van der Waals surface area contributed by atoms with Gasteiger partial charge in [0.25, 0.3) is 0 Å². The van der Waals surface area contributed by atoms with E-state index in [1.54, 1.807) is 0 Å². The van der Waals surface area contributed by atoms with Crippen molar-refractivity contribution in [2.45, 2.75) is 38.3 Å². The van der Waals surface area contributed by atoms with Crippen LogP contribution in [0.3, 0.4) is 0 Å². The fraction of sp³-hybridized carbons (Fsp3) is 0.667. The van der Waals surface area contributed by atoms with Gasteiger partial charge in [-0.2, -0.15) is 0 Å². The molecule has 0 saturated heterocycles. The lowest BCUT2D eigenvalue weighted by atomic mass is 9.75. The molecule has 3 heteroatoms. The standard InChI is InChI=1S/C9H15N3/c1-2-12-7-11-6-8(12)9(10)4-3-5-9/h6-7H,2-5,10H2,1H3. The van der Waals surface area contributed by atoms with E-state index in [0.717, 1.165) is 19.4 Å². The zero-order valence-corrected chi connectivity index (χ0v) is 7.45. The van der Waals surface area contributed by atoms with Gasteiger partial charge in [-0.15, -0.1) is 0 Å². The van der Waals surface area contributed by atoms with Crippen LogP contribution in [-0.4, -0.2) is 9.55 Å². The van der Waals surface area contributed by atoms with E-state index in [2.05, 4.69) is 16.5 Å². The number of aryl methyl sites for hydroxylation is 1. The van der Waals surface area contributed by atoms with Crippen LogP contribution in [0.4, 0.5) is 0 Å². The molecule has 2 rings (SSSR count). The second-order valence-corrected chi connectivity index (χ2v) is 3.57. The number of nitrogens with zero attached hydrogens (tertiary/aromatic N) is 2. The first-order valence-electron chi connectivity index (χ1n) is 4.56. The molecule has 66 valence electrons. The Bertz CT molecular complexity index is 273. The molecule has 2 N–H and O–H groups in total. The highest BCUT2D eigenvalue weighted by Gasteiger charge is 2.36. The van der Waals surface area contributed by atoms with Crippen LogP contribution < -0.4 is 5.73 Å². The second-order valence-electron chi connectivity index (χ2n) is 3.57. The largest absolute Gasteiger partial charge is 0.333 e. The molecule has 1 aromatic heterocycles. The van der Waals surface area contributed by atoms with Crippen molar-refractivity contribution in [3.05, 3.63) is 18.2 Å². The van der Waals surface area contributed by atoms with Crippen LogP contribution >= 0.6 is 0 Å². The van der Waals surface area contributed by atoms with Gasteiger partial charge in [0.15, 0.2) is 0 Å². The summed E-state index contributed by atoms with van der Waals surface area (Å²) < 4.78 is 2.14. The summed E-state index contributed by atoms with van der Waals surface area (Å²) in [5, 5.41) is 0. The molecule has 3 nitrogen and oxygen atoms in total. The first-order chi connectivity index (χ1) is 5.76. The molecule has 1 aromatic rings. The fourth-order valence-corrected chi connectivity index (χ4v) is 1.80. The molecular weight excluding hydrogens is 150 g/mol. The highest BCUT2D eigenvalue weighted by Crippen LogP contribution is 2.38. The number of hydrogen-bond donors (Lipinski definition) is 1. The van der Waals surface area contributed by atoms with Crippen molar-refractivity contribution >= 4 is 0 Å². The van der Waals surface area contributed by atoms with Crippen LogP contribution in [0.2, 0.25) is 0 Å². The minimum absolute atomic E-state index is 0.0630. The second kappa shape index (κ2) is 2.59. The number of imidazole rings is 1. The molecule has 0 amide bonds. The average Bonchev–Trinajstić information content (AvgIpc) is 2.47. The van der Waals surface area contributed by atoms with Gasteiger partial charge in [0.2, 0.25) is 0 Å². The van der Waals surface area contributed by atoms with Crippen LogP contribution in [-0.2, 0) is 12.1 Å². The molecule has 1 aliphatic carbocycles. The zero-order valence-electron chi connectivity index (χ0n) is 7.45. The third-order valence-corrected chi connectivity index (χ3v) is 2.81. The lowest BCUT2D eigenvalue weighted by Gasteiger charge is -2.38. The van der Waals surface area contributed by atoms with E-state index in [-0.39, 0.29) is 5.54 Å². The first-order valence-corrected chi connectivity index (χ1v) is 4.56. The SMILES string of the molecule is CCn1cncc1C1(N)CCC1. The normalized spacial score (nSPS) is 20.5. The maximum Gasteiger partial charge on any atom is 0.0948 e. The summed E-state index contributed by atoms with van der Waals surface area (Å²) in [5.74, 6) is 0. The van der Waals surface area contributed by atoms with E-state index < -0.39 is 0 Å². The van der Waals surface area contributed by atoms with Gasteiger partial charge in [0, 0.05) is 6.54 Å². The van der Waals surface area contributed by atoms with Gasteiger partial charge in [0.05, 0.1) is 23.8 Å². The molecular formula is C9H15N3. The Morgan fingerprint density at radius 3 is 2.92 bits per heavy atom. The molecule has 1 saturated carbocycles. The van der Waals surface area contributed by atoms with Crippen molar-refractivity contribution in [1.82, 2.24) is 9.55 Å². The van der Waals surface area contributed by atoms with Crippen LogP contribution in [0.1, 0.15) is 31.9 Å². The first kappa shape index (κ1) is 7.80. The maximum absolute atomic E-state index is 6.18. The van der Waals surface area contributed by atoms with Crippen molar-refractivity contribution in [3.63, 3.8) is 0 Å². The number of aromatic nitrogens is 2. The van der Waals surface area contributed by atoms with Crippen molar-refractivity contribution < 1.29 is 0 Å². The van der Waals surface area contributed by atoms with E-state index in [9.17, 15) is 0 Å². The van der Waals surface area contributed by atoms with Gasteiger partial charge in [0.1, 0.15) is 0 Å². The lowest BCUT2D eigenvalue weighted by molar-refractivity contribution is 0.238.